The van der Waals surface area contributed by atoms with Crippen LogP contribution in [0.2, 0.25) is 5.02 Å². The van der Waals surface area contributed by atoms with Crippen LogP contribution in [0.15, 0.2) is 47.4 Å². The zero-order valence-corrected chi connectivity index (χ0v) is 13.8. The van der Waals surface area contributed by atoms with Gasteiger partial charge in [-0.2, -0.15) is 0 Å². The molecule has 0 spiro atoms. The molecule has 0 bridgehead atoms. The highest BCUT2D eigenvalue weighted by molar-refractivity contribution is 7.92. The number of carbonyl (C=O) groups is 1. The Balaban J connectivity index is 2.15. The van der Waals surface area contributed by atoms with Crippen molar-refractivity contribution in [2.24, 2.45) is 5.73 Å². The average molecular weight is 355 g/mol. The maximum absolute atomic E-state index is 12.3. The number of benzene rings is 2. The Kier molecular flexibility index (Phi) is 5.12. The van der Waals surface area contributed by atoms with Crippen molar-refractivity contribution in [1.29, 1.82) is 0 Å². The molecule has 0 heterocycles. The molecule has 0 fully saturated rings. The van der Waals surface area contributed by atoms with Crippen molar-refractivity contribution in [2.45, 2.75) is 11.8 Å². The number of sulfonamides is 1. The third-order valence-corrected chi connectivity index (χ3v) is 4.73. The molecule has 6 nitrogen and oxygen atoms in total. The van der Waals surface area contributed by atoms with Gasteiger partial charge >= 0.3 is 0 Å². The van der Waals surface area contributed by atoms with Gasteiger partial charge in [-0.25, -0.2) is 8.42 Å². The fourth-order valence-electron chi connectivity index (χ4n) is 1.81. The zero-order valence-electron chi connectivity index (χ0n) is 12.2. The number of nitrogens with two attached hydrogens (primary N) is 1. The smallest absolute Gasteiger partial charge is 0.263 e. The van der Waals surface area contributed by atoms with Crippen LogP contribution in [0.3, 0.4) is 0 Å². The summed E-state index contributed by atoms with van der Waals surface area (Å²) in [5.74, 6) is -0.191. The molecular formula is C15H15ClN2O4S. The highest BCUT2D eigenvalue weighted by Gasteiger charge is 2.18. The van der Waals surface area contributed by atoms with Crippen molar-refractivity contribution in [1.82, 2.24) is 0 Å². The second-order valence-corrected chi connectivity index (χ2v) is 6.88. The average Bonchev–Trinajstić information content (AvgIpc) is 2.45. The molecule has 0 atom stereocenters. The topological polar surface area (TPSA) is 98.5 Å². The molecule has 0 aliphatic carbocycles. The molecule has 23 heavy (non-hydrogen) atoms. The van der Waals surface area contributed by atoms with Crippen LogP contribution in [0.5, 0.6) is 5.75 Å². The van der Waals surface area contributed by atoms with Crippen LogP contribution in [-0.2, 0) is 14.8 Å². The van der Waals surface area contributed by atoms with Gasteiger partial charge in [0.05, 0.1) is 5.02 Å². The van der Waals surface area contributed by atoms with Gasteiger partial charge in [-0.05, 0) is 48.9 Å². The van der Waals surface area contributed by atoms with E-state index < -0.39 is 15.9 Å². The third kappa shape index (κ3) is 4.61. The number of primary amides is 1. The summed E-state index contributed by atoms with van der Waals surface area (Å²) in [6, 6.07) is 10.8. The molecule has 0 radical (unpaired) electrons. The highest BCUT2D eigenvalue weighted by atomic mass is 35.5. The lowest BCUT2D eigenvalue weighted by Gasteiger charge is -2.11. The van der Waals surface area contributed by atoms with Crippen LogP contribution in [0.1, 0.15) is 5.56 Å². The summed E-state index contributed by atoms with van der Waals surface area (Å²) >= 11 is 5.99. The molecule has 2 aromatic rings. The first-order valence-corrected chi connectivity index (χ1v) is 8.44. The van der Waals surface area contributed by atoms with Crippen LogP contribution in [-0.4, -0.2) is 20.9 Å². The predicted octanol–water partition coefficient (Wildman–Crippen LogP) is 2.31. The number of halogens is 1. The van der Waals surface area contributed by atoms with Crippen LogP contribution in [0.25, 0.3) is 0 Å². The summed E-state index contributed by atoms with van der Waals surface area (Å²) < 4.78 is 32.2. The molecule has 3 N–H and O–H groups in total. The fourth-order valence-corrected chi connectivity index (χ4v) is 3.47. The zero-order chi connectivity index (χ0) is 17.0. The van der Waals surface area contributed by atoms with Gasteiger partial charge in [-0.1, -0.05) is 17.7 Å². The number of amides is 1. The van der Waals surface area contributed by atoms with Crippen molar-refractivity contribution < 1.29 is 17.9 Å². The van der Waals surface area contributed by atoms with Gasteiger partial charge in [0.15, 0.2) is 6.61 Å². The van der Waals surface area contributed by atoms with Crippen molar-refractivity contribution in [3.05, 3.63) is 53.1 Å². The lowest BCUT2D eigenvalue weighted by Crippen LogP contribution is -2.20. The standard InChI is InChI=1S/C15H15ClN2O4S/c1-10-2-7-14(13(16)8-10)23(20,21)18-11-3-5-12(6-4-11)22-9-15(17)19/h2-8,18H,9H2,1H3,(H2,17,19). The second kappa shape index (κ2) is 6.89. The van der Waals surface area contributed by atoms with E-state index >= 15 is 0 Å². The maximum atomic E-state index is 12.3. The van der Waals surface area contributed by atoms with Gasteiger partial charge in [-0.15, -0.1) is 0 Å². The predicted molar refractivity (Wildman–Crippen MR) is 88.1 cm³/mol. The maximum Gasteiger partial charge on any atom is 0.263 e. The minimum absolute atomic E-state index is 0.00109. The monoisotopic (exact) mass is 354 g/mol. The van der Waals surface area contributed by atoms with Gasteiger partial charge in [0.25, 0.3) is 15.9 Å². The van der Waals surface area contributed by atoms with E-state index in [1.54, 1.807) is 12.1 Å². The van der Waals surface area contributed by atoms with E-state index in [1.165, 1.54) is 30.3 Å². The van der Waals surface area contributed by atoms with E-state index in [0.717, 1.165) is 5.56 Å². The van der Waals surface area contributed by atoms with Crippen molar-refractivity contribution >= 4 is 33.2 Å². The molecule has 0 aliphatic rings. The number of hydrogen-bond donors (Lipinski definition) is 2. The van der Waals surface area contributed by atoms with E-state index in [0.29, 0.717) is 11.4 Å². The van der Waals surface area contributed by atoms with Crippen LogP contribution in [0, 0.1) is 6.92 Å². The molecule has 0 saturated carbocycles. The fraction of sp³-hybridized carbons (Fsp3) is 0.133. The SMILES string of the molecule is Cc1ccc(S(=O)(=O)Nc2ccc(OCC(N)=O)cc2)c(Cl)c1. The van der Waals surface area contributed by atoms with Crippen molar-refractivity contribution in [2.75, 3.05) is 11.3 Å². The Labute approximate surface area is 139 Å². The van der Waals surface area contributed by atoms with Gasteiger partial charge in [0.1, 0.15) is 10.6 Å². The normalized spacial score (nSPS) is 11.0. The molecular weight excluding hydrogens is 340 g/mol. The first-order valence-electron chi connectivity index (χ1n) is 6.58. The number of carbonyl (C=O) groups excluding carboxylic acids is 1. The van der Waals surface area contributed by atoms with Gasteiger partial charge in [0.2, 0.25) is 0 Å². The largest absolute Gasteiger partial charge is 0.484 e. The van der Waals surface area contributed by atoms with Crippen LogP contribution in [0.4, 0.5) is 5.69 Å². The summed E-state index contributed by atoms with van der Waals surface area (Å²) in [5.41, 5.74) is 6.18. The lowest BCUT2D eigenvalue weighted by atomic mass is 10.2. The van der Waals surface area contributed by atoms with Crippen molar-refractivity contribution in [3.63, 3.8) is 0 Å². The molecule has 8 heteroatoms. The number of hydrogen-bond acceptors (Lipinski definition) is 4. The van der Waals surface area contributed by atoms with E-state index in [9.17, 15) is 13.2 Å². The van der Waals surface area contributed by atoms with Gasteiger partial charge in [-0.3, -0.25) is 9.52 Å². The Morgan fingerprint density at radius 2 is 1.87 bits per heavy atom. The molecule has 0 aliphatic heterocycles. The first kappa shape index (κ1) is 17.1. The van der Waals surface area contributed by atoms with E-state index in [-0.39, 0.29) is 16.5 Å². The number of aryl methyl sites for hydroxylation is 1. The number of ether oxygens (including phenoxy) is 1. The summed E-state index contributed by atoms with van der Waals surface area (Å²) in [4.78, 5) is 10.6. The molecule has 0 aromatic heterocycles. The Morgan fingerprint density at radius 3 is 2.43 bits per heavy atom. The number of anilines is 1. The van der Waals surface area contributed by atoms with Crippen LogP contribution >= 0.6 is 11.6 Å². The van der Waals surface area contributed by atoms with E-state index in [2.05, 4.69) is 4.72 Å². The van der Waals surface area contributed by atoms with Crippen LogP contribution < -0.4 is 15.2 Å². The molecule has 122 valence electrons. The minimum atomic E-state index is -3.80. The molecule has 0 unspecified atom stereocenters. The molecule has 0 saturated heterocycles. The molecule has 1 amide bonds. The second-order valence-electron chi connectivity index (χ2n) is 4.82. The summed E-state index contributed by atoms with van der Waals surface area (Å²) in [6.07, 6.45) is 0. The Bertz CT molecular complexity index is 820. The Morgan fingerprint density at radius 1 is 1.22 bits per heavy atom. The van der Waals surface area contributed by atoms with Gasteiger partial charge < -0.3 is 10.5 Å². The minimum Gasteiger partial charge on any atom is -0.484 e. The van der Waals surface area contributed by atoms with Gasteiger partial charge in [0, 0.05) is 5.69 Å². The van der Waals surface area contributed by atoms with E-state index in [4.69, 9.17) is 22.1 Å². The molecule has 2 rings (SSSR count). The number of rotatable bonds is 6. The summed E-state index contributed by atoms with van der Waals surface area (Å²) in [6.45, 7) is 1.57. The lowest BCUT2D eigenvalue weighted by molar-refractivity contribution is -0.119. The third-order valence-electron chi connectivity index (χ3n) is 2.86. The summed E-state index contributed by atoms with van der Waals surface area (Å²) in [5, 5.41) is 0.152. The van der Waals surface area contributed by atoms with Crippen molar-refractivity contribution in [3.8, 4) is 5.75 Å². The molecule has 2 aromatic carbocycles. The Hall–Kier alpha value is -2.25. The summed E-state index contributed by atoms with van der Waals surface area (Å²) in [7, 11) is -3.80. The first-order chi connectivity index (χ1) is 10.8. The number of nitrogens with one attached hydrogen (secondary N) is 1. The quantitative estimate of drug-likeness (QED) is 0.831. The van der Waals surface area contributed by atoms with E-state index in [1.807, 2.05) is 6.92 Å². The highest BCUT2D eigenvalue weighted by Crippen LogP contribution is 2.25.